The van der Waals surface area contributed by atoms with Gasteiger partial charge in [0, 0.05) is 37.8 Å². The minimum atomic E-state index is -1.36. The molecule has 1 aromatic rings. The van der Waals surface area contributed by atoms with E-state index in [-0.39, 0.29) is 11.6 Å². The average Bonchev–Trinajstić information content (AvgIpc) is 2.51. The highest BCUT2D eigenvalue weighted by Gasteiger charge is 2.26. The third-order valence-corrected chi connectivity index (χ3v) is 4.10. The van der Waals surface area contributed by atoms with Crippen LogP contribution < -0.4 is 5.32 Å². The molecule has 1 aliphatic rings. The van der Waals surface area contributed by atoms with E-state index in [4.69, 9.17) is 0 Å². The Hall–Kier alpha value is -1.07. The SMILES string of the molecule is CCCCC[C@@H](c1ccc(F)c(F)c1F)N1CCNCC1. The predicted molar refractivity (Wildman–Crippen MR) is 77.6 cm³/mol. The molecule has 2 nitrogen and oxygen atoms in total. The Morgan fingerprint density at radius 1 is 1.10 bits per heavy atom. The fourth-order valence-electron chi connectivity index (χ4n) is 2.91. The molecule has 2 rings (SSSR count). The normalized spacial score (nSPS) is 17.9. The number of nitrogens with zero attached hydrogens (tertiary/aromatic N) is 1. The lowest BCUT2D eigenvalue weighted by Crippen LogP contribution is -2.45. The van der Waals surface area contributed by atoms with Gasteiger partial charge in [-0.3, -0.25) is 4.90 Å². The van der Waals surface area contributed by atoms with Crippen molar-refractivity contribution in [3.8, 4) is 0 Å². The first-order chi connectivity index (χ1) is 10.1. The molecule has 5 heteroatoms. The number of nitrogens with one attached hydrogen (secondary N) is 1. The van der Waals surface area contributed by atoms with Gasteiger partial charge in [-0.05, 0) is 12.5 Å². The molecular weight excluding hydrogens is 277 g/mol. The summed E-state index contributed by atoms with van der Waals surface area (Å²) in [6.07, 6.45) is 3.88. The van der Waals surface area contributed by atoms with Crippen LogP contribution >= 0.6 is 0 Å². The van der Waals surface area contributed by atoms with E-state index in [1.807, 2.05) is 0 Å². The van der Waals surface area contributed by atoms with Crippen LogP contribution in [0.15, 0.2) is 12.1 Å². The van der Waals surface area contributed by atoms with Crippen molar-refractivity contribution in [2.75, 3.05) is 26.2 Å². The van der Waals surface area contributed by atoms with Crippen LogP contribution in [0.5, 0.6) is 0 Å². The summed E-state index contributed by atoms with van der Waals surface area (Å²) in [6.45, 7) is 5.40. The zero-order valence-corrected chi connectivity index (χ0v) is 12.5. The topological polar surface area (TPSA) is 15.3 Å². The van der Waals surface area contributed by atoms with Crippen LogP contribution in [0.25, 0.3) is 0 Å². The van der Waals surface area contributed by atoms with Crippen LogP contribution in [0.2, 0.25) is 0 Å². The number of hydrogen-bond acceptors (Lipinski definition) is 2. The van der Waals surface area contributed by atoms with Crippen LogP contribution in [-0.2, 0) is 0 Å². The fraction of sp³-hybridized carbons (Fsp3) is 0.625. The molecule has 0 aliphatic carbocycles. The maximum absolute atomic E-state index is 14.1. The summed E-state index contributed by atoms with van der Waals surface area (Å²) in [6, 6.07) is 2.25. The second kappa shape index (κ2) is 7.80. The van der Waals surface area contributed by atoms with Gasteiger partial charge in [0.25, 0.3) is 0 Å². The fourth-order valence-corrected chi connectivity index (χ4v) is 2.91. The van der Waals surface area contributed by atoms with Gasteiger partial charge in [0.1, 0.15) is 0 Å². The van der Waals surface area contributed by atoms with E-state index in [0.29, 0.717) is 0 Å². The molecule has 1 heterocycles. The van der Waals surface area contributed by atoms with Crippen LogP contribution in [-0.4, -0.2) is 31.1 Å². The van der Waals surface area contributed by atoms with E-state index in [9.17, 15) is 13.2 Å². The number of rotatable bonds is 6. The number of piperazine rings is 1. The third kappa shape index (κ3) is 3.98. The van der Waals surface area contributed by atoms with Crippen LogP contribution in [0, 0.1) is 17.5 Å². The van der Waals surface area contributed by atoms with Crippen LogP contribution in [0.4, 0.5) is 13.2 Å². The van der Waals surface area contributed by atoms with Gasteiger partial charge in [-0.15, -0.1) is 0 Å². The molecule has 0 amide bonds. The van der Waals surface area contributed by atoms with Gasteiger partial charge in [0.2, 0.25) is 0 Å². The maximum atomic E-state index is 14.1. The molecule has 0 saturated carbocycles. The number of halogens is 3. The molecule has 1 atom stereocenters. The lowest BCUT2D eigenvalue weighted by atomic mass is 9.97. The van der Waals surface area contributed by atoms with E-state index in [1.54, 1.807) is 0 Å². The molecule has 1 fully saturated rings. The van der Waals surface area contributed by atoms with Gasteiger partial charge in [-0.25, -0.2) is 13.2 Å². The molecule has 0 radical (unpaired) electrons. The Kier molecular flexibility index (Phi) is 6.06. The van der Waals surface area contributed by atoms with E-state index in [2.05, 4.69) is 17.1 Å². The Morgan fingerprint density at radius 2 is 1.81 bits per heavy atom. The summed E-state index contributed by atoms with van der Waals surface area (Å²) >= 11 is 0. The first kappa shape index (κ1) is 16.3. The highest BCUT2D eigenvalue weighted by molar-refractivity contribution is 5.24. The Morgan fingerprint density at radius 3 is 2.48 bits per heavy atom. The molecule has 0 aromatic heterocycles. The van der Waals surface area contributed by atoms with Crippen molar-refractivity contribution in [2.24, 2.45) is 0 Å². The minimum absolute atomic E-state index is 0.172. The van der Waals surface area contributed by atoms with E-state index in [0.717, 1.165) is 57.9 Å². The summed E-state index contributed by atoms with van der Waals surface area (Å²) in [5.41, 5.74) is 0.284. The van der Waals surface area contributed by atoms with Crippen molar-refractivity contribution >= 4 is 0 Å². The summed E-state index contributed by atoms with van der Waals surface area (Å²) in [7, 11) is 0. The molecule has 118 valence electrons. The molecule has 21 heavy (non-hydrogen) atoms. The summed E-state index contributed by atoms with van der Waals surface area (Å²) < 4.78 is 40.8. The molecule has 1 aromatic carbocycles. The minimum Gasteiger partial charge on any atom is -0.314 e. The van der Waals surface area contributed by atoms with Crippen molar-refractivity contribution in [1.82, 2.24) is 10.2 Å². The van der Waals surface area contributed by atoms with Gasteiger partial charge in [0.15, 0.2) is 17.5 Å². The first-order valence-electron chi connectivity index (χ1n) is 7.73. The quantitative estimate of drug-likeness (QED) is 0.637. The zero-order chi connectivity index (χ0) is 15.2. The first-order valence-corrected chi connectivity index (χ1v) is 7.73. The summed E-state index contributed by atoms with van der Waals surface area (Å²) in [4.78, 5) is 2.17. The van der Waals surface area contributed by atoms with Crippen molar-refractivity contribution in [3.05, 3.63) is 35.1 Å². The molecular formula is C16H23F3N2. The van der Waals surface area contributed by atoms with Crippen molar-refractivity contribution in [3.63, 3.8) is 0 Å². The Labute approximate surface area is 124 Å². The smallest absolute Gasteiger partial charge is 0.194 e. The van der Waals surface area contributed by atoms with E-state index in [1.165, 1.54) is 6.07 Å². The second-order valence-electron chi connectivity index (χ2n) is 5.56. The third-order valence-electron chi connectivity index (χ3n) is 4.10. The lowest BCUT2D eigenvalue weighted by Gasteiger charge is -2.35. The van der Waals surface area contributed by atoms with Gasteiger partial charge in [-0.2, -0.15) is 0 Å². The molecule has 1 N–H and O–H groups in total. The molecule has 1 saturated heterocycles. The molecule has 1 aliphatic heterocycles. The molecule has 0 spiro atoms. The van der Waals surface area contributed by atoms with Gasteiger partial charge in [0.05, 0.1) is 0 Å². The monoisotopic (exact) mass is 300 g/mol. The van der Waals surface area contributed by atoms with Gasteiger partial charge < -0.3 is 5.32 Å². The van der Waals surface area contributed by atoms with E-state index >= 15 is 0 Å². The molecule has 0 bridgehead atoms. The Balaban J connectivity index is 2.23. The lowest BCUT2D eigenvalue weighted by molar-refractivity contribution is 0.158. The van der Waals surface area contributed by atoms with Gasteiger partial charge >= 0.3 is 0 Å². The highest BCUT2D eigenvalue weighted by Crippen LogP contribution is 2.30. The Bertz CT molecular complexity index is 459. The average molecular weight is 300 g/mol. The number of benzene rings is 1. The maximum Gasteiger partial charge on any atom is 0.194 e. The van der Waals surface area contributed by atoms with Crippen LogP contribution in [0.1, 0.15) is 44.2 Å². The summed E-state index contributed by atoms with van der Waals surface area (Å²) in [5, 5.41) is 3.25. The highest BCUT2D eigenvalue weighted by atomic mass is 19.2. The van der Waals surface area contributed by atoms with E-state index < -0.39 is 17.5 Å². The van der Waals surface area contributed by atoms with Gasteiger partial charge in [-0.1, -0.05) is 32.3 Å². The molecule has 0 unspecified atom stereocenters. The zero-order valence-electron chi connectivity index (χ0n) is 12.5. The van der Waals surface area contributed by atoms with Crippen molar-refractivity contribution < 1.29 is 13.2 Å². The second-order valence-corrected chi connectivity index (χ2v) is 5.56. The van der Waals surface area contributed by atoms with Crippen molar-refractivity contribution in [2.45, 2.75) is 38.6 Å². The van der Waals surface area contributed by atoms with Crippen LogP contribution in [0.3, 0.4) is 0 Å². The predicted octanol–water partition coefficient (Wildman–Crippen LogP) is 3.63. The standard InChI is InChI=1S/C16H23F3N2/c1-2-3-4-5-14(21-10-8-20-9-11-21)12-6-7-13(17)16(19)15(12)18/h6-7,14,20H,2-5,8-11H2,1H3/t14-/m0/s1. The number of unbranched alkanes of at least 4 members (excludes halogenated alkanes) is 2. The number of hydrogen-bond donors (Lipinski definition) is 1. The largest absolute Gasteiger partial charge is 0.314 e. The van der Waals surface area contributed by atoms with Crippen molar-refractivity contribution in [1.29, 1.82) is 0 Å². The summed E-state index contributed by atoms with van der Waals surface area (Å²) in [5.74, 6) is -3.51.